The number of para-hydroxylation sites is 1. The van der Waals surface area contributed by atoms with Gasteiger partial charge in [0.25, 0.3) is 0 Å². The van der Waals surface area contributed by atoms with Gasteiger partial charge in [-0.25, -0.2) is 0 Å². The van der Waals surface area contributed by atoms with E-state index in [1.807, 2.05) is 13.8 Å². The van der Waals surface area contributed by atoms with Crippen molar-refractivity contribution in [3.05, 3.63) is 103 Å². The van der Waals surface area contributed by atoms with E-state index in [4.69, 9.17) is 0 Å². The number of hydrogen-bond acceptors (Lipinski definition) is 1. The van der Waals surface area contributed by atoms with Gasteiger partial charge < -0.3 is 4.90 Å². The van der Waals surface area contributed by atoms with Crippen LogP contribution >= 0.6 is 0 Å². The Morgan fingerprint density at radius 2 is 1.04 bits per heavy atom. The summed E-state index contributed by atoms with van der Waals surface area (Å²) in [6.45, 7) is 6.12. The summed E-state index contributed by atoms with van der Waals surface area (Å²) in [7, 11) is 0. The Bertz CT molecular complexity index is 956. The van der Waals surface area contributed by atoms with Crippen LogP contribution in [0.2, 0.25) is 0 Å². The maximum atomic E-state index is 2.30. The Hall–Kier alpha value is -3.06. The van der Waals surface area contributed by atoms with Crippen molar-refractivity contribution < 1.29 is 0 Å². The lowest BCUT2D eigenvalue weighted by atomic mass is 10.1. The van der Waals surface area contributed by atoms with Crippen LogP contribution in [0.3, 0.4) is 0 Å². The molecular weight excluding hydrogens is 314 g/mol. The highest BCUT2D eigenvalue weighted by molar-refractivity contribution is 5.89. The molecule has 26 heavy (non-hydrogen) atoms. The van der Waals surface area contributed by atoms with Crippen molar-refractivity contribution in [2.24, 2.45) is 0 Å². The molecule has 4 aromatic carbocycles. The lowest BCUT2D eigenvalue weighted by molar-refractivity contribution is 1.28. The van der Waals surface area contributed by atoms with Gasteiger partial charge in [0.1, 0.15) is 0 Å². The number of nitrogens with zero attached hydrogens (tertiary/aromatic N) is 1. The third kappa shape index (κ3) is 3.78. The van der Waals surface area contributed by atoms with E-state index < -0.39 is 0 Å². The fourth-order valence-corrected chi connectivity index (χ4v) is 3.03. The van der Waals surface area contributed by atoms with Crippen LogP contribution < -0.4 is 4.90 Å². The third-order valence-corrected chi connectivity index (χ3v) is 4.30. The predicted molar refractivity (Wildman–Crippen MR) is 115 cm³/mol. The van der Waals surface area contributed by atoms with Gasteiger partial charge in [-0.3, -0.25) is 0 Å². The van der Waals surface area contributed by atoms with Crippen LogP contribution in [0.1, 0.15) is 19.4 Å². The first-order chi connectivity index (χ1) is 12.8. The zero-order valence-electron chi connectivity index (χ0n) is 15.7. The minimum absolute atomic E-state index is 1.16. The van der Waals surface area contributed by atoms with E-state index >= 15 is 0 Å². The Labute approximate surface area is 156 Å². The lowest BCUT2D eigenvalue weighted by Gasteiger charge is -2.25. The molecular formula is C25H25N. The summed E-state index contributed by atoms with van der Waals surface area (Å²) < 4.78 is 0. The minimum atomic E-state index is 1.16. The number of aryl methyl sites for hydroxylation is 1. The molecule has 0 aliphatic heterocycles. The smallest absolute Gasteiger partial charge is 0.0468 e. The van der Waals surface area contributed by atoms with E-state index in [2.05, 4.69) is 109 Å². The minimum Gasteiger partial charge on any atom is -0.310 e. The highest BCUT2D eigenvalue weighted by Crippen LogP contribution is 2.35. The van der Waals surface area contributed by atoms with Gasteiger partial charge in [0.05, 0.1) is 0 Å². The van der Waals surface area contributed by atoms with E-state index in [-0.39, 0.29) is 0 Å². The maximum Gasteiger partial charge on any atom is 0.0468 e. The first-order valence-electron chi connectivity index (χ1n) is 9.22. The molecule has 0 heterocycles. The highest BCUT2D eigenvalue weighted by atomic mass is 15.1. The molecule has 4 rings (SSSR count). The molecule has 0 unspecified atom stereocenters. The van der Waals surface area contributed by atoms with Gasteiger partial charge in [0, 0.05) is 17.1 Å². The predicted octanol–water partition coefficient (Wildman–Crippen LogP) is 7.64. The van der Waals surface area contributed by atoms with Gasteiger partial charge in [-0.05, 0) is 54.1 Å². The highest BCUT2D eigenvalue weighted by Gasteiger charge is 2.12. The largest absolute Gasteiger partial charge is 0.310 e. The van der Waals surface area contributed by atoms with Crippen LogP contribution in [0.5, 0.6) is 0 Å². The van der Waals surface area contributed by atoms with E-state index in [9.17, 15) is 0 Å². The van der Waals surface area contributed by atoms with Crippen molar-refractivity contribution in [2.45, 2.75) is 20.8 Å². The zero-order valence-corrected chi connectivity index (χ0v) is 15.7. The van der Waals surface area contributed by atoms with Crippen LogP contribution in [-0.4, -0.2) is 0 Å². The molecule has 0 aliphatic rings. The molecule has 0 atom stereocenters. The quantitative estimate of drug-likeness (QED) is 0.370. The summed E-state index contributed by atoms with van der Waals surface area (Å²) >= 11 is 0. The van der Waals surface area contributed by atoms with E-state index in [1.165, 1.54) is 27.7 Å². The second-order valence-corrected chi connectivity index (χ2v) is 6.04. The molecule has 0 aromatic heterocycles. The van der Waals surface area contributed by atoms with E-state index in [1.54, 1.807) is 0 Å². The van der Waals surface area contributed by atoms with Crippen LogP contribution in [0, 0.1) is 6.92 Å². The molecule has 1 heteroatoms. The molecule has 0 amide bonds. The second kappa shape index (κ2) is 8.35. The summed E-state index contributed by atoms with van der Waals surface area (Å²) in [4.78, 5) is 2.30. The number of hydrogen-bond donors (Lipinski definition) is 0. The van der Waals surface area contributed by atoms with Crippen molar-refractivity contribution in [3.63, 3.8) is 0 Å². The summed E-state index contributed by atoms with van der Waals surface area (Å²) in [5, 5.41) is 2.52. The van der Waals surface area contributed by atoms with Crippen molar-refractivity contribution in [3.8, 4) is 0 Å². The van der Waals surface area contributed by atoms with E-state index in [0.29, 0.717) is 0 Å². The van der Waals surface area contributed by atoms with Crippen molar-refractivity contribution >= 4 is 27.8 Å². The van der Waals surface area contributed by atoms with Crippen LogP contribution in [0.4, 0.5) is 17.1 Å². The molecule has 0 fully saturated rings. The van der Waals surface area contributed by atoms with Crippen molar-refractivity contribution in [2.75, 3.05) is 4.90 Å². The number of anilines is 3. The zero-order chi connectivity index (χ0) is 18.4. The molecule has 0 bridgehead atoms. The van der Waals surface area contributed by atoms with Gasteiger partial charge in [-0.15, -0.1) is 0 Å². The Balaban J connectivity index is 0.000000948. The first-order valence-corrected chi connectivity index (χ1v) is 9.22. The second-order valence-electron chi connectivity index (χ2n) is 6.04. The molecule has 4 aromatic rings. The Kier molecular flexibility index (Phi) is 5.70. The van der Waals surface area contributed by atoms with Crippen LogP contribution in [0.15, 0.2) is 97.1 Å². The van der Waals surface area contributed by atoms with Crippen molar-refractivity contribution in [1.82, 2.24) is 0 Å². The average molecular weight is 339 g/mol. The molecule has 0 saturated heterocycles. The molecule has 0 saturated carbocycles. The van der Waals surface area contributed by atoms with E-state index in [0.717, 1.165) is 5.69 Å². The maximum absolute atomic E-state index is 2.30. The average Bonchev–Trinajstić information content (AvgIpc) is 2.72. The van der Waals surface area contributed by atoms with Crippen LogP contribution in [-0.2, 0) is 0 Å². The summed E-state index contributed by atoms with van der Waals surface area (Å²) in [6, 6.07) is 34.3. The normalized spacial score (nSPS) is 10.1. The van der Waals surface area contributed by atoms with Gasteiger partial charge >= 0.3 is 0 Å². The van der Waals surface area contributed by atoms with Gasteiger partial charge in [-0.2, -0.15) is 0 Å². The SMILES string of the molecule is CC.Cc1ccc(N(c2ccccc2)c2ccc3ccccc3c2)cc1. The lowest BCUT2D eigenvalue weighted by Crippen LogP contribution is -2.09. The monoisotopic (exact) mass is 339 g/mol. The van der Waals surface area contributed by atoms with Gasteiger partial charge in [0.15, 0.2) is 0 Å². The van der Waals surface area contributed by atoms with Gasteiger partial charge in [0.2, 0.25) is 0 Å². The number of fused-ring (bicyclic) bond motifs is 1. The van der Waals surface area contributed by atoms with Crippen molar-refractivity contribution in [1.29, 1.82) is 0 Å². The molecule has 130 valence electrons. The Morgan fingerprint density at radius 1 is 0.500 bits per heavy atom. The summed E-state index contributed by atoms with van der Waals surface area (Å²) in [5.41, 5.74) is 4.77. The third-order valence-electron chi connectivity index (χ3n) is 4.30. The number of rotatable bonds is 3. The summed E-state index contributed by atoms with van der Waals surface area (Å²) in [6.07, 6.45) is 0. The topological polar surface area (TPSA) is 3.24 Å². The molecule has 0 spiro atoms. The fourth-order valence-electron chi connectivity index (χ4n) is 3.03. The molecule has 0 aliphatic carbocycles. The molecule has 0 radical (unpaired) electrons. The number of benzene rings is 4. The fraction of sp³-hybridized carbons (Fsp3) is 0.120. The van der Waals surface area contributed by atoms with Gasteiger partial charge in [-0.1, -0.05) is 80.1 Å². The molecule has 0 N–H and O–H groups in total. The Morgan fingerprint density at radius 3 is 1.73 bits per heavy atom. The standard InChI is InChI=1S/C23H19N.C2H6/c1-18-11-14-22(15-12-18)24(21-9-3-2-4-10-21)23-16-13-19-7-5-6-8-20(19)17-23;1-2/h2-17H,1H3;1-2H3. The first kappa shape index (κ1) is 17.8. The van der Waals surface area contributed by atoms with Crippen LogP contribution in [0.25, 0.3) is 10.8 Å². The molecule has 1 nitrogen and oxygen atoms in total. The summed E-state index contributed by atoms with van der Waals surface area (Å²) in [5.74, 6) is 0.